The molecule has 0 aliphatic carbocycles. The molecule has 0 amide bonds. The van der Waals surface area contributed by atoms with Gasteiger partial charge in [-0.05, 0) is 71.6 Å². The third-order valence-electron chi connectivity index (χ3n) is 7.05. The topological polar surface area (TPSA) is 41.6 Å². The molecular weight excluding hydrogens is 426 g/mol. The van der Waals surface area contributed by atoms with E-state index in [0.717, 1.165) is 47.1 Å². The van der Waals surface area contributed by atoms with Gasteiger partial charge in [-0.15, -0.1) is 0 Å². The minimum atomic E-state index is -0.156. The van der Waals surface area contributed by atoms with Crippen molar-refractivity contribution in [3.8, 4) is 23.0 Å². The lowest BCUT2D eigenvalue weighted by Crippen LogP contribution is -2.00. The average molecular weight is 464 g/mol. The van der Waals surface area contributed by atoms with E-state index in [2.05, 4.69) is 107 Å². The second kappa shape index (κ2) is 10.5. The van der Waals surface area contributed by atoms with Crippen LogP contribution in [0.5, 0.6) is 0 Å². The summed E-state index contributed by atoms with van der Waals surface area (Å²) in [7, 11) is 0. The monoisotopic (exact) mass is 463 g/mol. The molecule has 0 fully saturated rings. The van der Waals surface area contributed by atoms with Crippen molar-refractivity contribution in [3.05, 3.63) is 83.2 Å². The molecule has 0 bridgehead atoms. The van der Waals surface area contributed by atoms with E-state index in [1.807, 2.05) is 6.20 Å². The van der Waals surface area contributed by atoms with Crippen molar-refractivity contribution < 1.29 is 0 Å². The van der Waals surface area contributed by atoms with Gasteiger partial charge in [0.15, 0.2) is 0 Å². The molecule has 4 aromatic rings. The van der Waals surface area contributed by atoms with Gasteiger partial charge in [0.1, 0.15) is 0 Å². The van der Waals surface area contributed by atoms with E-state index < -0.39 is 0 Å². The molecule has 35 heavy (non-hydrogen) atoms. The zero-order valence-electron chi connectivity index (χ0n) is 22.0. The number of fused-ring (bicyclic) bond motifs is 1. The van der Waals surface area contributed by atoms with Gasteiger partial charge >= 0.3 is 0 Å². The smallest absolute Gasteiger partial charge is 0.0736 e. The Morgan fingerprint density at radius 1 is 0.943 bits per heavy atom. The lowest BCUT2D eigenvalue weighted by atomic mass is 9.90. The van der Waals surface area contributed by atoms with Gasteiger partial charge in [0.05, 0.1) is 29.4 Å². The number of hydrogen-bond donors (Lipinski definition) is 0. The first-order valence-corrected chi connectivity index (χ1v) is 13.0. The van der Waals surface area contributed by atoms with Gasteiger partial charge in [-0.1, -0.05) is 71.9 Å². The van der Waals surface area contributed by atoms with E-state index >= 15 is 0 Å². The molecule has 0 radical (unpaired) electrons. The lowest BCUT2D eigenvalue weighted by molar-refractivity contribution is 0.556. The predicted octanol–water partition coefficient (Wildman–Crippen LogP) is 8.59. The Bertz CT molecular complexity index is 1330. The summed E-state index contributed by atoms with van der Waals surface area (Å²) in [4.78, 5) is 4.98. The van der Waals surface area contributed by atoms with Crippen LogP contribution in [0.2, 0.25) is 0 Å². The summed E-state index contributed by atoms with van der Waals surface area (Å²) in [6.07, 6.45) is 6.94. The van der Waals surface area contributed by atoms with E-state index in [-0.39, 0.29) is 5.92 Å². The molecular formula is C32H37N3. The molecule has 180 valence electrons. The van der Waals surface area contributed by atoms with Crippen LogP contribution in [0.25, 0.3) is 27.8 Å². The standard InChI is InChI=1S/C32H37N3/c1-7-23-10-9-11-24(8-2)32(23)30-17-28-29(26(18-33)16-21(3)4)20-35(31(28)19-34-30)27-14-12-25(13-15-27)22(5)6/h9-15,17,19-22,26H,7-8,16H2,1-6H3. The molecule has 0 saturated carbocycles. The van der Waals surface area contributed by atoms with Gasteiger partial charge in [0, 0.05) is 22.8 Å². The maximum absolute atomic E-state index is 10.1. The first-order chi connectivity index (χ1) is 16.9. The van der Waals surface area contributed by atoms with Crippen molar-refractivity contribution in [1.29, 1.82) is 5.26 Å². The zero-order chi connectivity index (χ0) is 25.1. The minimum absolute atomic E-state index is 0.156. The Kier molecular flexibility index (Phi) is 7.41. The van der Waals surface area contributed by atoms with Gasteiger partial charge in [-0.25, -0.2) is 0 Å². The van der Waals surface area contributed by atoms with Crippen LogP contribution in [-0.2, 0) is 12.8 Å². The second-order valence-corrected chi connectivity index (χ2v) is 10.3. The van der Waals surface area contributed by atoms with Gasteiger partial charge in [0.2, 0.25) is 0 Å². The molecule has 2 heterocycles. The molecule has 1 unspecified atom stereocenters. The summed E-state index contributed by atoms with van der Waals surface area (Å²) in [5, 5.41) is 11.3. The number of aromatic nitrogens is 2. The van der Waals surface area contributed by atoms with Gasteiger partial charge in [0.25, 0.3) is 0 Å². The SMILES string of the molecule is CCc1cccc(CC)c1-c1cc2c(C(C#N)CC(C)C)cn(-c3ccc(C(C)C)cc3)c2cn1. The minimum Gasteiger partial charge on any atom is -0.315 e. The molecule has 0 N–H and O–H groups in total. The van der Waals surface area contributed by atoms with Crippen LogP contribution in [0, 0.1) is 17.2 Å². The van der Waals surface area contributed by atoms with Crippen LogP contribution in [0.15, 0.2) is 60.9 Å². The van der Waals surface area contributed by atoms with Crippen molar-refractivity contribution in [3.63, 3.8) is 0 Å². The molecule has 4 rings (SSSR count). The maximum Gasteiger partial charge on any atom is 0.0736 e. The van der Waals surface area contributed by atoms with Gasteiger partial charge in [-0.3, -0.25) is 4.98 Å². The highest BCUT2D eigenvalue weighted by Gasteiger charge is 2.21. The summed E-state index contributed by atoms with van der Waals surface area (Å²) in [5.74, 6) is 0.777. The predicted molar refractivity (Wildman–Crippen MR) is 147 cm³/mol. The quantitative estimate of drug-likeness (QED) is 0.262. The fourth-order valence-corrected chi connectivity index (χ4v) is 5.09. The summed E-state index contributed by atoms with van der Waals surface area (Å²) >= 11 is 0. The molecule has 2 aromatic heterocycles. The molecule has 0 spiro atoms. The number of hydrogen-bond acceptors (Lipinski definition) is 2. The van der Waals surface area contributed by atoms with E-state index in [9.17, 15) is 5.26 Å². The van der Waals surface area contributed by atoms with E-state index in [0.29, 0.717) is 11.8 Å². The lowest BCUT2D eigenvalue weighted by Gasteiger charge is -2.14. The highest BCUT2D eigenvalue weighted by Crippen LogP contribution is 2.36. The number of rotatable bonds is 8. The molecule has 0 aliphatic heterocycles. The highest BCUT2D eigenvalue weighted by molar-refractivity contribution is 5.89. The van der Waals surface area contributed by atoms with Crippen molar-refractivity contribution in [2.45, 2.75) is 72.6 Å². The Hall–Kier alpha value is -3.38. The zero-order valence-corrected chi connectivity index (χ0v) is 22.0. The Balaban J connectivity index is 1.95. The van der Waals surface area contributed by atoms with Crippen molar-refractivity contribution in [2.24, 2.45) is 5.92 Å². The molecule has 0 aliphatic rings. The fourth-order valence-electron chi connectivity index (χ4n) is 5.09. The molecule has 1 atom stereocenters. The first kappa shape index (κ1) is 24.7. The van der Waals surface area contributed by atoms with Crippen LogP contribution in [0.1, 0.15) is 82.1 Å². The largest absolute Gasteiger partial charge is 0.315 e. The van der Waals surface area contributed by atoms with Crippen molar-refractivity contribution >= 4 is 10.9 Å². The van der Waals surface area contributed by atoms with E-state index in [4.69, 9.17) is 4.98 Å². The third kappa shape index (κ3) is 4.89. The molecule has 0 saturated heterocycles. The van der Waals surface area contributed by atoms with Gasteiger partial charge < -0.3 is 4.57 Å². The molecule has 3 heteroatoms. The van der Waals surface area contributed by atoms with Crippen LogP contribution in [0.4, 0.5) is 0 Å². The summed E-state index contributed by atoms with van der Waals surface area (Å²) in [6, 6.07) is 20.2. The van der Waals surface area contributed by atoms with Gasteiger partial charge in [-0.2, -0.15) is 5.26 Å². The molecule has 3 nitrogen and oxygen atoms in total. The summed E-state index contributed by atoms with van der Waals surface area (Å²) in [5.41, 5.74) is 9.46. The van der Waals surface area contributed by atoms with E-state index in [1.54, 1.807) is 0 Å². The number of benzene rings is 2. The second-order valence-electron chi connectivity index (χ2n) is 10.3. The Morgan fingerprint density at radius 3 is 2.14 bits per heavy atom. The van der Waals surface area contributed by atoms with E-state index in [1.165, 1.54) is 22.3 Å². The number of pyridine rings is 1. The van der Waals surface area contributed by atoms with Crippen LogP contribution >= 0.6 is 0 Å². The van der Waals surface area contributed by atoms with Crippen molar-refractivity contribution in [1.82, 2.24) is 9.55 Å². The highest BCUT2D eigenvalue weighted by atomic mass is 15.0. The average Bonchev–Trinajstić information content (AvgIpc) is 3.25. The number of nitriles is 1. The summed E-state index contributed by atoms with van der Waals surface area (Å²) in [6.45, 7) is 13.2. The van der Waals surface area contributed by atoms with Crippen LogP contribution in [-0.4, -0.2) is 9.55 Å². The molecule has 2 aromatic carbocycles. The Morgan fingerprint density at radius 2 is 1.60 bits per heavy atom. The maximum atomic E-state index is 10.1. The number of aryl methyl sites for hydroxylation is 2. The van der Waals surface area contributed by atoms with Crippen molar-refractivity contribution in [2.75, 3.05) is 0 Å². The first-order valence-electron chi connectivity index (χ1n) is 13.0. The van der Waals surface area contributed by atoms with Crippen LogP contribution in [0.3, 0.4) is 0 Å². The third-order valence-corrected chi connectivity index (χ3v) is 7.05. The summed E-state index contributed by atoms with van der Waals surface area (Å²) < 4.78 is 2.21. The Labute approximate surface area is 210 Å². The van der Waals surface area contributed by atoms with Crippen LogP contribution < -0.4 is 0 Å². The number of nitrogens with zero attached hydrogens (tertiary/aromatic N) is 3. The normalized spacial score (nSPS) is 12.4. The fraction of sp³-hybridized carbons (Fsp3) is 0.375.